The summed E-state index contributed by atoms with van der Waals surface area (Å²) in [5.74, 6) is 0.380. The molecule has 2 heterocycles. The molecule has 0 aromatic carbocycles. The normalized spacial score (nSPS) is 19.7. The van der Waals surface area contributed by atoms with Crippen LogP contribution in [0.15, 0.2) is 18.5 Å². The quantitative estimate of drug-likeness (QED) is 0.925. The van der Waals surface area contributed by atoms with Gasteiger partial charge in [-0.3, -0.25) is 4.98 Å². The molecule has 1 aliphatic rings. The van der Waals surface area contributed by atoms with Crippen LogP contribution in [0, 0.1) is 12.8 Å². The van der Waals surface area contributed by atoms with Crippen molar-refractivity contribution in [2.45, 2.75) is 52.7 Å². The monoisotopic (exact) mass is 319 g/mol. The lowest BCUT2D eigenvalue weighted by Crippen LogP contribution is -2.37. The number of carbonyl (C=O) groups is 1. The molecular formula is C18H29N3O2. The molecule has 1 aliphatic heterocycles. The summed E-state index contributed by atoms with van der Waals surface area (Å²) >= 11 is 0. The van der Waals surface area contributed by atoms with Gasteiger partial charge in [-0.15, -0.1) is 0 Å². The van der Waals surface area contributed by atoms with Crippen LogP contribution < -0.4 is 5.32 Å². The summed E-state index contributed by atoms with van der Waals surface area (Å²) in [6.45, 7) is 12.3. The first kappa shape index (κ1) is 17.7. The molecule has 0 bridgehead atoms. The van der Waals surface area contributed by atoms with Crippen molar-refractivity contribution in [3.8, 4) is 0 Å². The number of carbonyl (C=O) groups excluding carboxylic acids is 1. The average molecular weight is 319 g/mol. The molecule has 1 aromatic heterocycles. The summed E-state index contributed by atoms with van der Waals surface area (Å²) in [6, 6.07) is 2.27. The van der Waals surface area contributed by atoms with Crippen molar-refractivity contribution in [1.29, 1.82) is 0 Å². The van der Waals surface area contributed by atoms with Crippen LogP contribution in [0.3, 0.4) is 0 Å². The second-order valence-corrected chi connectivity index (χ2v) is 7.24. The van der Waals surface area contributed by atoms with Crippen LogP contribution in [0.2, 0.25) is 0 Å². The standard InChI is InChI=1S/C18H29N3O2/c1-6-20-16(15-11-19-9-7-13(15)2)14-8-10-21(12-14)17(22)23-18(3,4)5/h7,9,11,14,16,20H,6,8,10,12H2,1-5H3. The maximum Gasteiger partial charge on any atom is 0.410 e. The fraction of sp³-hybridized carbons (Fsp3) is 0.667. The maximum absolute atomic E-state index is 12.3. The van der Waals surface area contributed by atoms with Crippen molar-refractivity contribution < 1.29 is 9.53 Å². The Kier molecular flexibility index (Phi) is 5.63. The number of pyridine rings is 1. The highest BCUT2D eigenvalue weighted by Crippen LogP contribution is 2.32. The molecule has 2 atom stereocenters. The Morgan fingerprint density at radius 1 is 1.52 bits per heavy atom. The third kappa shape index (κ3) is 4.67. The Labute approximate surface area is 139 Å². The fourth-order valence-corrected chi connectivity index (χ4v) is 3.10. The molecule has 2 unspecified atom stereocenters. The van der Waals surface area contributed by atoms with E-state index in [-0.39, 0.29) is 12.1 Å². The molecule has 0 aliphatic carbocycles. The Bertz CT molecular complexity index is 539. The van der Waals surface area contributed by atoms with Crippen molar-refractivity contribution in [2.75, 3.05) is 19.6 Å². The lowest BCUT2D eigenvalue weighted by Gasteiger charge is -2.27. The molecule has 0 radical (unpaired) electrons. The van der Waals surface area contributed by atoms with Crippen molar-refractivity contribution in [1.82, 2.24) is 15.2 Å². The Balaban J connectivity index is 2.08. The van der Waals surface area contributed by atoms with Gasteiger partial charge in [-0.1, -0.05) is 6.92 Å². The molecule has 0 spiro atoms. The Hall–Kier alpha value is -1.62. The molecular weight excluding hydrogens is 290 g/mol. The van der Waals surface area contributed by atoms with Gasteiger partial charge in [0.1, 0.15) is 5.60 Å². The molecule has 1 N–H and O–H groups in total. The molecule has 2 rings (SSSR count). The number of hydrogen-bond acceptors (Lipinski definition) is 4. The van der Waals surface area contributed by atoms with E-state index in [0.29, 0.717) is 5.92 Å². The second kappa shape index (κ2) is 7.30. The number of hydrogen-bond donors (Lipinski definition) is 1. The van der Waals surface area contributed by atoms with E-state index in [1.807, 2.05) is 44.1 Å². The van der Waals surface area contributed by atoms with E-state index >= 15 is 0 Å². The minimum atomic E-state index is -0.448. The van der Waals surface area contributed by atoms with E-state index in [1.54, 1.807) is 0 Å². The number of rotatable bonds is 4. The van der Waals surface area contributed by atoms with E-state index < -0.39 is 5.60 Å². The summed E-state index contributed by atoms with van der Waals surface area (Å²) < 4.78 is 5.49. The van der Waals surface area contributed by atoms with Crippen LogP contribution in [0.4, 0.5) is 4.79 Å². The van der Waals surface area contributed by atoms with Gasteiger partial charge in [0.15, 0.2) is 0 Å². The van der Waals surface area contributed by atoms with Crippen LogP contribution >= 0.6 is 0 Å². The SMILES string of the molecule is CCNC(c1cnccc1C)C1CCN(C(=O)OC(C)(C)C)C1. The number of amides is 1. The van der Waals surface area contributed by atoms with Gasteiger partial charge in [-0.05, 0) is 63.8 Å². The molecule has 1 saturated heterocycles. The zero-order valence-corrected chi connectivity index (χ0v) is 14.9. The van der Waals surface area contributed by atoms with E-state index in [0.717, 1.165) is 26.1 Å². The van der Waals surface area contributed by atoms with Crippen LogP contribution in [0.25, 0.3) is 0 Å². The highest BCUT2D eigenvalue weighted by atomic mass is 16.6. The number of aryl methyl sites for hydroxylation is 1. The highest BCUT2D eigenvalue weighted by molar-refractivity contribution is 5.68. The van der Waals surface area contributed by atoms with Gasteiger partial charge in [0.05, 0.1) is 0 Å². The molecule has 1 fully saturated rings. The van der Waals surface area contributed by atoms with Gasteiger partial charge in [0.25, 0.3) is 0 Å². The predicted octanol–water partition coefficient (Wildman–Crippen LogP) is 3.30. The van der Waals surface area contributed by atoms with Gasteiger partial charge >= 0.3 is 6.09 Å². The van der Waals surface area contributed by atoms with Crippen LogP contribution in [-0.2, 0) is 4.74 Å². The largest absolute Gasteiger partial charge is 0.444 e. The van der Waals surface area contributed by atoms with Crippen LogP contribution in [0.5, 0.6) is 0 Å². The predicted molar refractivity (Wildman–Crippen MR) is 91.3 cm³/mol. The molecule has 5 heteroatoms. The van der Waals surface area contributed by atoms with Crippen LogP contribution in [0.1, 0.15) is 51.3 Å². The molecule has 0 saturated carbocycles. The van der Waals surface area contributed by atoms with Gasteiger partial charge in [0, 0.05) is 31.5 Å². The highest BCUT2D eigenvalue weighted by Gasteiger charge is 2.34. The second-order valence-electron chi connectivity index (χ2n) is 7.24. The first-order valence-electron chi connectivity index (χ1n) is 8.43. The number of nitrogens with zero attached hydrogens (tertiary/aromatic N) is 2. The fourth-order valence-electron chi connectivity index (χ4n) is 3.10. The number of nitrogens with one attached hydrogen (secondary N) is 1. The number of ether oxygens (including phenoxy) is 1. The molecule has 128 valence electrons. The van der Waals surface area contributed by atoms with Crippen molar-refractivity contribution in [3.05, 3.63) is 29.6 Å². The Morgan fingerprint density at radius 2 is 2.26 bits per heavy atom. The van der Waals surface area contributed by atoms with Crippen molar-refractivity contribution in [3.63, 3.8) is 0 Å². The van der Waals surface area contributed by atoms with Gasteiger partial charge in [-0.2, -0.15) is 0 Å². The first-order chi connectivity index (χ1) is 10.8. The lowest BCUT2D eigenvalue weighted by molar-refractivity contribution is 0.0285. The van der Waals surface area contributed by atoms with E-state index in [9.17, 15) is 4.79 Å². The minimum Gasteiger partial charge on any atom is -0.444 e. The van der Waals surface area contributed by atoms with E-state index in [1.165, 1.54) is 11.1 Å². The van der Waals surface area contributed by atoms with Crippen LogP contribution in [-0.4, -0.2) is 41.2 Å². The zero-order chi connectivity index (χ0) is 17.0. The minimum absolute atomic E-state index is 0.210. The smallest absolute Gasteiger partial charge is 0.410 e. The summed E-state index contributed by atoms with van der Waals surface area (Å²) in [6.07, 6.45) is 4.53. The van der Waals surface area contributed by atoms with E-state index in [2.05, 4.69) is 24.1 Å². The van der Waals surface area contributed by atoms with Crippen molar-refractivity contribution in [2.24, 2.45) is 5.92 Å². The van der Waals surface area contributed by atoms with Gasteiger partial charge in [-0.25, -0.2) is 4.79 Å². The third-order valence-corrected chi connectivity index (χ3v) is 4.19. The number of aromatic nitrogens is 1. The topological polar surface area (TPSA) is 54.5 Å². The summed E-state index contributed by atoms with van der Waals surface area (Å²) in [4.78, 5) is 18.4. The third-order valence-electron chi connectivity index (χ3n) is 4.19. The summed E-state index contributed by atoms with van der Waals surface area (Å²) in [7, 11) is 0. The summed E-state index contributed by atoms with van der Waals surface area (Å²) in [5, 5.41) is 3.57. The first-order valence-corrected chi connectivity index (χ1v) is 8.43. The Morgan fingerprint density at radius 3 is 2.87 bits per heavy atom. The maximum atomic E-state index is 12.3. The van der Waals surface area contributed by atoms with Crippen molar-refractivity contribution >= 4 is 6.09 Å². The number of likely N-dealkylation sites (tertiary alicyclic amines) is 1. The van der Waals surface area contributed by atoms with Gasteiger partial charge < -0.3 is 15.0 Å². The van der Waals surface area contributed by atoms with Gasteiger partial charge in [0.2, 0.25) is 0 Å². The molecule has 5 nitrogen and oxygen atoms in total. The lowest BCUT2D eigenvalue weighted by atomic mass is 9.91. The molecule has 1 aromatic rings. The average Bonchev–Trinajstić information content (AvgIpc) is 2.93. The zero-order valence-electron chi connectivity index (χ0n) is 14.9. The summed E-state index contributed by atoms with van der Waals surface area (Å²) in [5.41, 5.74) is 2.02. The van der Waals surface area contributed by atoms with E-state index in [4.69, 9.17) is 4.74 Å². The molecule has 23 heavy (non-hydrogen) atoms. The molecule has 1 amide bonds.